The van der Waals surface area contributed by atoms with Crippen molar-refractivity contribution in [2.75, 3.05) is 0 Å². The third kappa shape index (κ3) is 6.35. The Morgan fingerprint density at radius 2 is 1.85 bits per heavy atom. The van der Waals surface area contributed by atoms with Crippen LogP contribution in [0.25, 0.3) is 0 Å². The molecule has 0 aliphatic heterocycles. The molecule has 2 atom stereocenters. The Balaban J connectivity index is 2.01. The summed E-state index contributed by atoms with van der Waals surface area (Å²) < 4.78 is 32.4. The maximum atomic E-state index is 12.5. The molecule has 0 amide bonds. The molecule has 1 aromatic rings. The van der Waals surface area contributed by atoms with Crippen LogP contribution in [0.5, 0.6) is 0 Å². The standard InChI is InChI=1S/C18H27NO6S/c19-25-26(22,23)17(20)12-16(11-14-7-3-1-4-8-14)18(21)24-13-15-9-5-2-6-10-15/h2,5-6,9-10,14,16-17,20H,1,3-4,7-8,11-13,19H2/t16-,17?/m0/s1. The Hall–Kier alpha value is -1.48. The molecule has 1 unspecified atom stereocenters. The smallest absolute Gasteiger partial charge is 0.310 e. The van der Waals surface area contributed by atoms with Gasteiger partial charge in [-0.15, -0.1) is 0 Å². The molecule has 1 aromatic carbocycles. The van der Waals surface area contributed by atoms with Crippen LogP contribution in [0, 0.1) is 11.8 Å². The summed E-state index contributed by atoms with van der Waals surface area (Å²) in [6, 6.07) is 9.23. The molecule has 26 heavy (non-hydrogen) atoms. The quantitative estimate of drug-likeness (QED) is 0.495. The molecule has 0 bridgehead atoms. The maximum Gasteiger partial charge on any atom is 0.310 e. The number of aliphatic hydroxyl groups excluding tert-OH is 1. The van der Waals surface area contributed by atoms with E-state index < -0.39 is 27.4 Å². The molecule has 2 rings (SSSR count). The van der Waals surface area contributed by atoms with Gasteiger partial charge in [0.15, 0.2) is 5.44 Å². The highest BCUT2D eigenvalue weighted by Gasteiger charge is 2.33. The summed E-state index contributed by atoms with van der Waals surface area (Å²) in [6.07, 6.45) is 5.58. The molecule has 1 fully saturated rings. The zero-order valence-corrected chi connectivity index (χ0v) is 15.6. The van der Waals surface area contributed by atoms with Gasteiger partial charge in [-0.3, -0.25) is 4.79 Å². The number of esters is 1. The number of ether oxygens (including phenoxy) is 1. The van der Waals surface area contributed by atoms with Gasteiger partial charge in [-0.25, -0.2) is 0 Å². The number of carbonyl (C=O) groups excluding carboxylic acids is 1. The van der Waals surface area contributed by atoms with Crippen molar-refractivity contribution in [2.45, 2.75) is 57.0 Å². The third-order valence-corrected chi connectivity index (χ3v) is 5.98. The first-order valence-corrected chi connectivity index (χ1v) is 10.4. The monoisotopic (exact) mass is 385 g/mol. The number of nitrogens with two attached hydrogens (primary N) is 1. The van der Waals surface area contributed by atoms with Crippen molar-refractivity contribution < 1.29 is 27.3 Å². The summed E-state index contributed by atoms with van der Waals surface area (Å²) in [5.41, 5.74) is -1.01. The van der Waals surface area contributed by atoms with Crippen molar-refractivity contribution in [3.8, 4) is 0 Å². The Kier molecular flexibility index (Phi) is 8.02. The van der Waals surface area contributed by atoms with Crippen molar-refractivity contribution in [3.05, 3.63) is 35.9 Å². The van der Waals surface area contributed by atoms with E-state index in [1.807, 2.05) is 30.3 Å². The van der Waals surface area contributed by atoms with Crippen LogP contribution >= 0.6 is 0 Å². The van der Waals surface area contributed by atoms with E-state index in [-0.39, 0.29) is 13.0 Å². The van der Waals surface area contributed by atoms with Gasteiger partial charge in [0.05, 0.1) is 5.92 Å². The lowest BCUT2D eigenvalue weighted by molar-refractivity contribution is -0.151. The molecular formula is C18H27NO6S. The van der Waals surface area contributed by atoms with Crippen LogP contribution in [0.15, 0.2) is 30.3 Å². The summed E-state index contributed by atoms with van der Waals surface area (Å²) in [6.45, 7) is 0.108. The first-order valence-electron chi connectivity index (χ1n) is 8.93. The van der Waals surface area contributed by atoms with E-state index in [9.17, 15) is 18.3 Å². The van der Waals surface area contributed by atoms with Crippen molar-refractivity contribution in [3.63, 3.8) is 0 Å². The molecule has 0 saturated heterocycles. The first kappa shape index (κ1) is 20.8. The van der Waals surface area contributed by atoms with Gasteiger partial charge in [-0.1, -0.05) is 62.4 Å². The molecule has 146 valence electrons. The summed E-state index contributed by atoms with van der Waals surface area (Å²) in [4.78, 5) is 12.5. The fourth-order valence-electron chi connectivity index (χ4n) is 3.39. The summed E-state index contributed by atoms with van der Waals surface area (Å²) >= 11 is 0. The second kappa shape index (κ2) is 10.0. The molecular weight excluding hydrogens is 358 g/mol. The zero-order valence-electron chi connectivity index (χ0n) is 14.7. The second-order valence-electron chi connectivity index (χ2n) is 6.81. The lowest BCUT2D eigenvalue weighted by atomic mass is 9.82. The highest BCUT2D eigenvalue weighted by atomic mass is 32.2. The molecule has 0 heterocycles. The highest BCUT2D eigenvalue weighted by molar-refractivity contribution is 7.87. The topological polar surface area (TPSA) is 116 Å². The predicted octanol–water partition coefficient (Wildman–Crippen LogP) is 2.24. The van der Waals surface area contributed by atoms with Gasteiger partial charge in [0.1, 0.15) is 6.61 Å². The van der Waals surface area contributed by atoms with Gasteiger partial charge in [0.2, 0.25) is 0 Å². The summed E-state index contributed by atoms with van der Waals surface area (Å²) in [5.74, 6) is 3.81. The Labute approximate surface area is 154 Å². The van der Waals surface area contributed by atoms with Crippen LogP contribution in [0.1, 0.15) is 50.5 Å². The van der Waals surface area contributed by atoms with Crippen LogP contribution < -0.4 is 5.90 Å². The number of hydrogen-bond donors (Lipinski definition) is 2. The Morgan fingerprint density at radius 1 is 1.19 bits per heavy atom. The van der Waals surface area contributed by atoms with Crippen molar-refractivity contribution in [1.29, 1.82) is 0 Å². The number of hydrogen-bond acceptors (Lipinski definition) is 7. The average molecular weight is 385 g/mol. The molecule has 0 aromatic heterocycles. The Morgan fingerprint density at radius 3 is 2.46 bits per heavy atom. The van der Waals surface area contributed by atoms with E-state index >= 15 is 0 Å². The second-order valence-corrected chi connectivity index (χ2v) is 8.53. The van der Waals surface area contributed by atoms with Crippen LogP contribution in [0.2, 0.25) is 0 Å². The van der Waals surface area contributed by atoms with Gasteiger partial charge < -0.3 is 9.84 Å². The highest BCUT2D eigenvalue weighted by Crippen LogP contribution is 2.31. The molecule has 1 saturated carbocycles. The summed E-state index contributed by atoms with van der Waals surface area (Å²) in [5, 5.41) is 9.91. The van der Waals surface area contributed by atoms with Crippen LogP contribution in [0.4, 0.5) is 0 Å². The number of benzene rings is 1. The molecule has 1 aliphatic rings. The molecule has 3 N–H and O–H groups in total. The number of carbonyl (C=O) groups is 1. The van der Waals surface area contributed by atoms with Crippen molar-refractivity contribution >= 4 is 16.1 Å². The van der Waals surface area contributed by atoms with Crippen LogP contribution in [-0.4, -0.2) is 24.9 Å². The Bertz CT molecular complexity index is 658. The van der Waals surface area contributed by atoms with E-state index in [2.05, 4.69) is 4.28 Å². The fraction of sp³-hybridized carbons (Fsp3) is 0.611. The molecule has 0 spiro atoms. The maximum absolute atomic E-state index is 12.5. The molecule has 8 heteroatoms. The van der Waals surface area contributed by atoms with Crippen LogP contribution in [-0.2, 0) is 30.5 Å². The van der Waals surface area contributed by atoms with Gasteiger partial charge >= 0.3 is 16.1 Å². The van der Waals surface area contributed by atoms with Gasteiger partial charge in [0, 0.05) is 6.42 Å². The SMILES string of the molecule is NOS(=O)(=O)C(O)C[C@H](CC1CCCCC1)C(=O)OCc1ccccc1. The number of aliphatic hydroxyl groups is 1. The molecule has 7 nitrogen and oxygen atoms in total. The van der Waals surface area contributed by atoms with E-state index in [1.54, 1.807) is 0 Å². The van der Waals surface area contributed by atoms with E-state index in [1.165, 1.54) is 6.42 Å². The van der Waals surface area contributed by atoms with E-state index in [4.69, 9.17) is 10.6 Å². The average Bonchev–Trinajstić information content (AvgIpc) is 2.67. The molecule has 1 aliphatic carbocycles. The van der Waals surface area contributed by atoms with Gasteiger partial charge in [-0.05, 0) is 17.9 Å². The zero-order chi connectivity index (χ0) is 19.0. The predicted molar refractivity (Wildman–Crippen MR) is 95.7 cm³/mol. The minimum atomic E-state index is -4.31. The third-order valence-electron chi connectivity index (χ3n) is 4.85. The largest absolute Gasteiger partial charge is 0.461 e. The minimum absolute atomic E-state index is 0.108. The lowest BCUT2D eigenvalue weighted by Crippen LogP contribution is -2.32. The summed E-state index contributed by atoms with van der Waals surface area (Å²) in [7, 11) is -4.31. The van der Waals surface area contributed by atoms with Gasteiger partial charge in [0.25, 0.3) is 0 Å². The van der Waals surface area contributed by atoms with Crippen LogP contribution in [0.3, 0.4) is 0 Å². The normalized spacial score (nSPS) is 18.2. The minimum Gasteiger partial charge on any atom is -0.461 e. The van der Waals surface area contributed by atoms with Gasteiger partial charge in [-0.2, -0.15) is 18.6 Å². The van der Waals surface area contributed by atoms with Crippen molar-refractivity contribution in [2.24, 2.45) is 17.7 Å². The molecule has 0 radical (unpaired) electrons. The fourth-order valence-corrected chi connectivity index (χ4v) is 3.98. The number of rotatable bonds is 9. The first-order chi connectivity index (χ1) is 12.4. The van der Waals surface area contributed by atoms with E-state index in [0.29, 0.717) is 12.3 Å². The lowest BCUT2D eigenvalue weighted by Gasteiger charge is -2.26. The van der Waals surface area contributed by atoms with E-state index in [0.717, 1.165) is 31.2 Å². The van der Waals surface area contributed by atoms with Crippen molar-refractivity contribution in [1.82, 2.24) is 0 Å².